The first-order chi connectivity index (χ1) is 8.54. The summed E-state index contributed by atoms with van der Waals surface area (Å²) in [6, 6.07) is 10.1. The molecule has 2 rings (SSSR count). The number of thioether (sulfide) groups is 1. The highest BCUT2D eigenvalue weighted by atomic mass is 32.2. The summed E-state index contributed by atoms with van der Waals surface area (Å²) in [5.41, 5.74) is -2.87. The third-order valence-corrected chi connectivity index (χ3v) is 3.05. The van der Waals surface area contributed by atoms with E-state index in [2.05, 4.69) is 10.3 Å². The molecule has 0 amide bonds. The van der Waals surface area contributed by atoms with Gasteiger partial charge in [0.05, 0.1) is 6.54 Å². The molecule has 0 fully saturated rings. The van der Waals surface area contributed by atoms with E-state index in [0.717, 1.165) is 5.69 Å². The summed E-state index contributed by atoms with van der Waals surface area (Å²) >= 11 is -0.108. The normalized spacial score (nSPS) is 11.5. The number of alkyl halides is 3. The molecule has 0 aliphatic rings. The van der Waals surface area contributed by atoms with Crippen LogP contribution in [0.25, 0.3) is 0 Å². The summed E-state index contributed by atoms with van der Waals surface area (Å²) in [6.07, 6.45) is 1.77. The third-order valence-electron chi connectivity index (χ3n) is 2.24. The van der Waals surface area contributed by atoms with Crippen LogP contribution >= 0.6 is 11.8 Å². The van der Waals surface area contributed by atoms with Crippen LogP contribution in [-0.4, -0.2) is 10.5 Å². The number of halogens is 3. The largest absolute Gasteiger partial charge is 0.446 e. The van der Waals surface area contributed by atoms with Gasteiger partial charge in [-0.3, -0.25) is 0 Å². The Labute approximate surface area is 107 Å². The second-order valence-corrected chi connectivity index (χ2v) is 4.70. The van der Waals surface area contributed by atoms with Crippen molar-refractivity contribution < 1.29 is 13.2 Å². The van der Waals surface area contributed by atoms with E-state index in [4.69, 9.17) is 0 Å². The minimum atomic E-state index is -4.27. The van der Waals surface area contributed by atoms with Crippen molar-refractivity contribution in [2.45, 2.75) is 16.9 Å². The van der Waals surface area contributed by atoms with Crippen molar-refractivity contribution in [1.82, 2.24) is 4.98 Å². The highest BCUT2D eigenvalue weighted by Crippen LogP contribution is 2.40. The molecule has 0 atom stereocenters. The van der Waals surface area contributed by atoms with Crippen LogP contribution in [0.1, 0.15) is 5.69 Å². The van der Waals surface area contributed by atoms with Gasteiger partial charge in [0.1, 0.15) is 0 Å². The van der Waals surface area contributed by atoms with E-state index in [1.807, 2.05) is 12.1 Å². The fraction of sp³-hybridized carbons (Fsp3) is 0.167. The SMILES string of the molecule is FC(F)(F)Sc1ccccc1NCc1ccc[nH]1. The average molecular weight is 272 g/mol. The first-order valence-electron chi connectivity index (χ1n) is 5.25. The lowest BCUT2D eigenvalue weighted by atomic mass is 10.3. The van der Waals surface area contributed by atoms with Crippen LogP contribution in [0.3, 0.4) is 0 Å². The number of aromatic amines is 1. The Balaban J connectivity index is 2.07. The smallest absolute Gasteiger partial charge is 0.379 e. The van der Waals surface area contributed by atoms with Crippen LogP contribution in [0.5, 0.6) is 0 Å². The molecule has 0 bridgehead atoms. The standard InChI is InChI=1S/C12H11F3N2S/c13-12(14,15)18-11-6-2-1-5-10(11)17-8-9-4-3-7-16-9/h1-7,16-17H,8H2. The first-order valence-corrected chi connectivity index (χ1v) is 6.07. The molecule has 0 saturated carbocycles. The van der Waals surface area contributed by atoms with E-state index in [1.54, 1.807) is 24.4 Å². The van der Waals surface area contributed by atoms with Gasteiger partial charge < -0.3 is 10.3 Å². The van der Waals surface area contributed by atoms with Crippen molar-refractivity contribution in [1.29, 1.82) is 0 Å². The molecule has 0 saturated heterocycles. The van der Waals surface area contributed by atoms with Gasteiger partial charge in [0.15, 0.2) is 0 Å². The maximum atomic E-state index is 12.4. The minimum absolute atomic E-state index is 0.108. The zero-order valence-corrected chi connectivity index (χ0v) is 10.1. The van der Waals surface area contributed by atoms with Crippen molar-refractivity contribution in [3.8, 4) is 0 Å². The van der Waals surface area contributed by atoms with Crippen LogP contribution in [-0.2, 0) is 6.54 Å². The fourth-order valence-electron chi connectivity index (χ4n) is 1.49. The average Bonchev–Trinajstić information content (AvgIpc) is 2.79. The van der Waals surface area contributed by atoms with Crippen LogP contribution in [0.4, 0.5) is 18.9 Å². The van der Waals surface area contributed by atoms with Crippen LogP contribution < -0.4 is 5.32 Å². The lowest BCUT2D eigenvalue weighted by Gasteiger charge is -2.12. The van der Waals surface area contributed by atoms with Crippen molar-refractivity contribution in [2.24, 2.45) is 0 Å². The van der Waals surface area contributed by atoms with Crippen LogP contribution in [0, 0.1) is 0 Å². The molecule has 6 heteroatoms. The lowest BCUT2D eigenvalue weighted by molar-refractivity contribution is -0.0327. The highest BCUT2D eigenvalue weighted by molar-refractivity contribution is 8.00. The quantitative estimate of drug-likeness (QED) is 0.815. The zero-order chi connectivity index (χ0) is 13.0. The van der Waals surface area contributed by atoms with Gasteiger partial charge in [0, 0.05) is 22.5 Å². The highest BCUT2D eigenvalue weighted by Gasteiger charge is 2.30. The van der Waals surface area contributed by atoms with Gasteiger partial charge in [-0.25, -0.2) is 0 Å². The van der Waals surface area contributed by atoms with Crippen molar-refractivity contribution in [3.05, 3.63) is 48.3 Å². The number of hydrogen-bond acceptors (Lipinski definition) is 2. The molecule has 0 radical (unpaired) electrons. The summed E-state index contributed by atoms with van der Waals surface area (Å²) < 4.78 is 37.1. The molecule has 96 valence electrons. The molecule has 1 heterocycles. The van der Waals surface area contributed by atoms with E-state index in [-0.39, 0.29) is 16.7 Å². The number of H-pyrrole nitrogens is 1. The van der Waals surface area contributed by atoms with Crippen molar-refractivity contribution in [2.75, 3.05) is 5.32 Å². The van der Waals surface area contributed by atoms with Gasteiger partial charge in [0.25, 0.3) is 0 Å². The number of para-hydroxylation sites is 1. The predicted molar refractivity (Wildman–Crippen MR) is 66.5 cm³/mol. The molecule has 0 aliphatic carbocycles. The van der Waals surface area contributed by atoms with Gasteiger partial charge in [-0.05, 0) is 36.0 Å². The predicted octanol–water partition coefficient (Wildman–Crippen LogP) is 4.24. The number of anilines is 1. The molecule has 2 aromatic rings. The van der Waals surface area contributed by atoms with E-state index < -0.39 is 5.51 Å². The number of rotatable bonds is 4. The molecule has 2 nitrogen and oxygen atoms in total. The Morgan fingerprint density at radius 2 is 1.89 bits per heavy atom. The number of hydrogen-bond donors (Lipinski definition) is 2. The summed E-state index contributed by atoms with van der Waals surface area (Å²) in [7, 11) is 0. The Morgan fingerprint density at radius 3 is 2.56 bits per heavy atom. The summed E-state index contributed by atoms with van der Waals surface area (Å²) in [5, 5.41) is 2.99. The first kappa shape index (κ1) is 12.9. The van der Waals surface area contributed by atoms with Crippen LogP contribution in [0.15, 0.2) is 47.5 Å². The lowest BCUT2D eigenvalue weighted by Crippen LogP contribution is -2.04. The van der Waals surface area contributed by atoms with E-state index >= 15 is 0 Å². The van der Waals surface area contributed by atoms with Gasteiger partial charge in [-0.2, -0.15) is 13.2 Å². The Kier molecular flexibility index (Phi) is 3.86. The Bertz CT molecular complexity index is 494. The molecule has 0 aliphatic heterocycles. The topological polar surface area (TPSA) is 27.8 Å². The zero-order valence-electron chi connectivity index (χ0n) is 9.29. The summed E-state index contributed by atoms with van der Waals surface area (Å²) in [5.74, 6) is 0. The minimum Gasteiger partial charge on any atom is -0.379 e. The summed E-state index contributed by atoms with van der Waals surface area (Å²) in [6.45, 7) is 0.461. The molecule has 2 N–H and O–H groups in total. The third kappa shape index (κ3) is 3.73. The molecule has 18 heavy (non-hydrogen) atoms. The number of benzene rings is 1. The maximum Gasteiger partial charge on any atom is 0.446 e. The molecule has 0 spiro atoms. The van der Waals surface area contributed by atoms with Gasteiger partial charge in [-0.1, -0.05) is 12.1 Å². The number of nitrogens with one attached hydrogen (secondary N) is 2. The molecule has 1 aromatic carbocycles. The van der Waals surface area contributed by atoms with Crippen molar-refractivity contribution >= 4 is 17.4 Å². The molecular weight excluding hydrogens is 261 g/mol. The monoisotopic (exact) mass is 272 g/mol. The molecular formula is C12H11F3N2S. The Hall–Kier alpha value is -1.56. The molecule has 1 aromatic heterocycles. The second kappa shape index (κ2) is 5.39. The molecule has 0 unspecified atom stereocenters. The fourth-order valence-corrected chi connectivity index (χ4v) is 2.14. The van der Waals surface area contributed by atoms with E-state index in [1.165, 1.54) is 6.07 Å². The van der Waals surface area contributed by atoms with Gasteiger partial charge >= 0.3 is 5.51 Å². The van der Waals surface area contributed by atoms with Crippen LogP contribution in [0.2, 0.25) is 0 Å². The maximum absolute atomic E-state index is 12.4. The van der Waals surface area contributed by atoms with Crippen molar-refractivity contribution in [3.63, 3.8) is 0 Å². The van der Waals surface area contributed by atoms with E-state index in [9.17, 15) is 13.2 Å². The Morgan fingerprint density at radius 1 is 1.11 bits per heavy atom. The number of aromatic nitrogens is 1. The second-order valence-electron chi connectivity index (χ2n) is 3.59. The summed E-state index contributed by atoms with van der Waals surface area (Å²) in [4.78, 5) is 3.16. The van der Waals surface area contributed by atoms with E-state index in [0.29, 0.717) is 12.2 Å². The van der Waals surface area contributed by atoms with Gasteiger partial charge in [-0.15, -0.1) is 0 Å². The van der Waals surface area contributed by atoms with Gasteiger partial charge in [0.2, 0.25) is 0 Å².